The highest BCUT2D eigenvalue weighted by molar-refractivity contribution is 6.12. The fraction of sp³-hybridized carbons (Fsp3) is 0.500. The summed E-state index contributed by atoms with van der Waals surface area (Å²) in [5, 5.41) is 19.1. The van der Waals surface area contributed by atoms with Crippen LogP contribution in [0.4, 0.5) is 4.39 Å². The maximum Gasteiger partial charge on any atom is 0.257 e. The third kappa shape index (κ3) is 13.7. The van der Waals surface area contributed by atoms with E-state index < -0.39 is 6.10 Å². The van der Waals surface area contributed by atoms with Crippen molar-refractivity contribution >= 4 is 40.9 Å². The molecule has 5 rings (SSSR count). The highest BCUT2D eigenvalue weighted by Gasteiger charge is 2.28. The summed E-state index contributed by atoms with van der Waals surface area (Å²) >= 11 is 0. The number of methoxy groups -OCH3 is 1. The van der Waals surface area contributed by atoms with Gasteiger partial charge in [-0.15, -0.1) is 6.58 Å². The molecule has 62 heavy (non-hydrogen) atoms. The molecule has 0 bridgehead atoms. The van der Waals surface area contributed by atoms with Crippen molar-refractivity contribution < 1.29 is 42.9 Å². The van der Waals surface area contributed by atoms with Gasteiger partial charge in [0.25, 0.3) is 17.4 Å². The van der Waals surface area contributed by atoms with E-state index >= 15 is 0 Å². The number of nitrogens with one attached hydrogen (secondary N) is 3. The van der Waals surface area contributed by atoms with Crippen LogP contribution in [0.3, 0.4) is 0 Å². The molecule has 0 radical (unpaired) electrons. The summed E-state index contributed by atoms with van der Waals surface area (Å²) in [6.07, 6.45) is 8.21. The van der Waals surface area contributed by atoms with Crippen molar-refractivity contribution in [3.8, 4) is 11.4 Å². The number of amides is 5. The van der Waals surface area contributed by atoms with Gasteiger partial charge in [-0.2, -0.15) is 0 Å². The van der Waals surface area contributed by atoms with Crippen LogP contribution < -0.4 is 21.5 Å². The number of rotatable bonds is 22. The van der Waals surface area contributed by atoms with Crippen molar-refractivity contribution in [2.24, 2.45) is 5.92 Å². The van der Waals surface area contributed by atoms with E-state index in [0.717, 1.165) is 42.2 Å². The molecular formula is C46H63FN6O9. The minimum atomic E-state index is -1.04. The maximum absolute atomic E-state index is 15.0. The lowest BCUT2D eigenvalue weighted by Gasteiger charge is -2.17. The Morgan fingerprint density at radius 2 is 1.71 bits per heavy atom. The van der Waals surface area contributed by atoms with Gasteiger partial charge < -0.3 is 35.1 Å². The lowest BCUT2D eigenvalue weighted by atomic mass is 9.95. The largest absolute Gasteiger partial charge is 0.384 e. The molecule has 4 heterocycles. The third-order valence-electron chi connectivity index (χ3n) is 10.6. The fourth-order valence-electron chi connectivity index (χ4n) is 6.85. The highest BCUT2D eigenvalue weighted by Crippen LogP contribution is 2.36. The number of hydrogen-bond acceptors (Lipinski definition) is 10. The fourth-order valence-corrected chi connectivity index (χ4v) is 6.85. The van der Waals surface area contributed by atoms with Crippen LogP contribution in [0.2, 0.25) is 0 Å². The molecule has 4 N–H and O–H groups in total. The summed E-state index contributed by atoms with van der Waals surface area (Å²) in [6.45, 7) is 16.7. The maximum atomic E-state index is 15.0. The standard InChI is InChI=1S/C29H33FN4O6.C15H24N2O3.C2H6/c1-4-26(36)21-10-25-28-18(13-34(25)29(38)22(21)14-39-3)9-20-19(17(2)23(30)11-24(20)33-28)7-5-6-8-40-16-32-27(37)12-31-15-35;1-11(2)12(3)16-13(18)7-5-4-6-10-17-14(19)8-9-15(17)20;1-2/h4,9-11,15,26,36H,1,5-8,12-14,16H2,2-3H3,(H,31,35)(H,32,37);8-9,11-12H,4-7,10H2,1-3H3,(H,16,18);1-2H3. The number of aromatic nitrogens is 2. The number of unbranched alkanes of at least 4 members (excludes halogenated alkanes) is 3. The zero-order valence-electron chi connectivity index (χ0n) is 37.1. The Morgan fingerprint density at radius 3 is 2.35 bits per heavy atom. The third-order valence-corrected chi connectivity index (χ3v) is 10.6. The Morgan fingerprint density at radius 1 is 1.00 bits per heavy atom. The number of halogens is 1. The number of pyridine rings is 2. The molecule has 338 valence electrons. The molecule has 0 saturated carbocycles. The predicted octanol–water partition coefficient (Wildman–Crippen LogP) is 5.06. The Hall–Kier alpha value is -5.58. The van der Waals surface area contributed by atoms with Gasteiger partial charge >= 0.3 is 0 Å². The number of nitrogens with zero attached hydrogens (tertiary/aromatic N) is 3. The lowest BCUT2D eigenvalue weighted by Crippen LogP contribution is -2.35. The van der Waals surface area contributed by atoms with E-state index in [9.17, 15) is 38.3 Å². The quantitative estimate of drug-likeness (QED) is 0.0273. The number of benzene rings is 1. The Labute approximate surface area is 363 Å². The van der Waals surface area contributed by atoms with Crippen LogP contribution >= 0.6 is 0 Å². The number of aliphatic hydroxyl groups is 1. The zero-order chi connectivity index (χ0) is 45.9. The van der Waals surface area contributed by atoms with Crippen molar-refractivity contribution in [2.75, 3.05) is 33.5 Å². The van der Waals surface area contributed by atoms with E-state index in [0.29, 0.717) is 84.9 Å². The summed E-state index contributed by atoms with van der Waals surface area (Å²) in [7, 11) is 1.49. The van der Waals surface area contributed by atoms with Gasteiger partial charge in [-0.3, -0.25) is 33.7 Å². The minimum Gasteiger partial charge on any atom is -0.384 e. The number of hydrogen-bond donors (Lipinski definition) is 4. The predicted molar refractivity (Wildman–Crippen MR) is 235 cm³/mol. The smallest absolute Gasteiger partial charge is 0.257 e. The molecule has 2 aliphatic heterocycles. The van der Waals surface area contributed by atoms with Crippen LogP contribution in [-0.4, -0.2) is 89.2 Å². The summed E-state index contributed by atoms with van der Waals surface area (Å²) < 4.78 is 27.2. The molecule has 0 fully saturated rings. The van der Waals surface area contributed by atoms with Crippen molar-refractivity contribution in [1.82, 2.24) is 30.4 Å². The van der Waals surface area contributed by atoms with Crippen LogP contribution in [0, 0.1) is 18.7 Å². The molecule has 1 aromatic carbocycles. The van der Waals surface area contributed by atoms with Gasteiger partial charge in [0.15, 0.2) is 0 Å². The molecule has 2 aromatic heterocycles. The first-order chi connectivity index (χ1) is 29.7. The molecule has 5 amide bonds. The Bertz CT molecular complexity index is 2130. The van der Waals surface area contributed by atoms with Crippen LogP contribution in [0.25, 0.3) is 22.3 Å². The van der Waals surface area contributed by atoms with Crippen LogP contribution in [0.5, 0.6) is 0 Å². The lowest BCUT2D eigenvalue weighted by molar-refractivity contribution is -0.137. The van der Waals surface area contributed by atoms with E-state index in [1.807, 2.05) is 26.8 Å². The van der Waals surface area contributed by atoms with E-state index in [1.165, 1.54) is 36.3 Å². The van der Waals surface area contributed by atoms with Gasteiger partial charge in [0.1, 0.15) is 12.5 Å². The van der Waals surface area contributed by atoms with E-state index in [2.05, 4.69) is 36.4 Å². The van der Waals surface area contributed by atoms with E-state index in [-0.39, 0.29) is 60.9 Å². The van der Waals surface area contributed by atoms with Crippen LogP contribution in [0.1, 0.15) is 107 Å². The van der Waals surface area contributed by atoms with Crippen molar-refractivity contribution in [3.63, 3.8) is 0 Å². The highest BCUT2D eigenvalue weighted by atomic mass is 19.1. The monoisotopic (exact) mass is 862 g/mol. The number of carbonyl (C=O) groups excluding carboxylic acids is 5. The Kier molecular flexibility index (Phi) is 20.8. The second-order valence-electron chi connectivity index (χ2n) is 15.2. The zero-order valence-corrected chi connectivity index (χ0v) is 37.1. The molecule has 2 aliphatic rings. The molecule has 16 heteroatoms. The molecule has 2 unspecified atom stereocenters. The molecule has 0 aliphatic carbocycles. The number of ether oxygens (including phenoxy) is 2. The summed E-state index contributed by atoms with van der Waals surface area (Å²) in [6, 6.07) is 5.32. The SMILES string of the molecule is C=CC(O)c1cc2n(c(=O)c1COC)Cc1cc3c(CCCCOCNC(=O)CNC=O)c(C)c(F)cc3nc1-2.CC.CC(C)C(C)NC(=O)CCCCCN1C(=O)C=CC1=O. The number of fused-ring (bicyclic) bond motifs is 4. The number of aryl methyl sites for hydroxylation is 1. The van der Waals surface area contributed by atoms with Crippen LogP contribution in [-0.2, 0) is 53.0 Å². The number of carbonyl (C=O) groups is 5. The van der Waals surface area contributed by atoms with Gasteiger partial charge in [0.2, 0.25) is 18.2 Å². The second kappa shape index (κ2) is 25.4. The topological polar surface area (TPSA) is 198 Å². The summed E-state index contributed by atoms with van der Waals surface area (Å²) in [5.41, 5.74) is 4.39. The van der Waals surface area contributed by atoms with E-state index in [4.69, 9.17) is 14.5 Å². The molecule has 3 aromatic rings. The van der Waals surface area contributed by atoms with Crippen molar-refractivity contribution in [1.29, 1.82) is 0 Å². The van der Waals surface area contributed by atoms with Crippen molar-refractivity contribution in [3.05, 3.63) is 87.0 Å². The minimum absolute atomic E-state index is 0.0366. The molecular weight excluding hydrogens is 800 g/mol. The first-order valence-corrected chi connectivity index (χ1v) is 21.2. The van der Waals surface area contributed by atoms with Gasteiger partial charge in [0, 0.05) is 67.5 Å². The van der Waals surface area contributed by atoms with Gasteiger partial charge in [-0.1, -0.05) is 40.2 Å². The summed E-state index contributed by atoms with van der Waals surface area (Å²) in [4.78, 5) is 75.3. The first-order valence-electron chi connectivity index (χ1n) is 21.2. The van der Waals surface area contributed by atoms with Crippen LogP contribution in [0.15, 0.2) is 47.8 Å². The van der Waals surface area contributed by atoms with Crippen molar-refractivity contribution in [2.45, 2.75) is 112 Å². The molecule has 15 nitrogen and oxygen atoms in total. The molecule has 0 spiro atoms. The average Bonchev–Trinajstić information content (AvgIpc) is 3.78. The van der Waals surface area contributed by atoms with E-state index in [1.54, 1.807) is 17.6 Å². The Balaban J connectivity index is 0.000000392. The van der Waals surface area contributed by atoms with Gasteiger partial charge in [0.05, 0.1) is 42.7 Å². The summed E-state index contributed by atoms with van der Waals surface area (Å²) in [5.74, 6) is -0.676. The first kappa shape index (κ1) is 50.8. The van der Waals surface area contributed by atoms with Gasteiger partial charge in [-0.05, 0) is 80.7 Å². The number of imide groups is 1. The molecule has 2 atom stereocenters. The molecule has 0 saturated heterocycles. The average molecular weight is 863 g/mol. The number of aliphatic hydroxyl groups excluding tert-OH is 1. The second-order valence-corrected chi connectivity index (χ2v) is 15.2. The normalized spacial score (nSPS) is 13.4. The van der Waals surface area contributed by atoms with Gasteiger partial charge in [-0.25, -0.2) is 9.37 Å².